The molecule has 1 fully saturated rings. The number of rotatable bonds is 3. The fraction of sp³-hybridized carbons (Fsp3) is 0.533. The van der Waals surface area contributed by atoms with Gasteiger partial charge in [0, 0.05) is 19.1 Å². The van der Waals surface area contributed by atoms with Gasteiger partial charge in [-0.15, -0.1) is 0 Å². The minimum Gasteiger partial charge on any atom is -0.378 e. The van der Waals surface area contributed by atoms with Gasteiger partial charge >= 0.3 is 0 Å². The van der Waals surface area contributed by atoms with Gasteiger partial charge < -0.3 is 15.0 Å². The van der Waals surface area contributed by atoms with E-state index >= 15 is 0 Å². The fourth-order valence-corrected chi connectivity index (χ4v) is 2.90. The van der Waals surface area contributed by atoms with Crippen LogP contribution in [0.3, 0.4) is 0 Å². The number of nitrogens with one attached hydrogen (secondary N) is 1. The maximum absolute atomic E-state index is 12.1. The van der Waals surface area contributed by atoms with Crippen LogP contribution in [0, 0.1) is 0 Å². The number of fused-ring (bicyclic) bond motifs is 1. The maximum atomic E-state index is 12.1. The summed E-state index contributed by atoms with van der Waals surface area (Å²) >= 11 is 0. The molecule has 0 saturated carbocycles. The summed E-state index contributed by atoms with van der Waals surface area (Å²) in [6.07, 6.45) is 2.20. The van der Waals surface area contributed by atoms with E-state index in [2.05, 4.69) is 29.6 Å². The SMILES string of the molecule is O=C(CNC1CCc2ccccc21)N1CCOCC1. The Hall–Kier alpha value is -1.39. The zero-order valence-corrected chi connectivity index (χ0v) is 11.1. The highest BCUT2D eigenvalue weighted by molar-refractivity contribution is 5.78. The molecule has 1 heterocycles. The number of hydrogen-bond acceptors (Lipinski definition) is 3. The second-order valence-corrected chi connectivity index (χ2v) is 5.16. The normalized spacial score (nSPS) is 22.3. The number of morpholine rings is 1. The van der Waals surface area contributed by atoms with Crippen LogP contribution < -0.4 is 5.32 Å². The zero-order chi connectivity index (χ0) is 13.1. The molecule has 1 aromatic carbocycles. The summed E-state index contributed by atoms with van der Waals surface area (Å²) in [5.41, 5.74) is 2.77. The van der Waals surface area contributed by atoms with E-state index in [0.29, 0.717) is 25.8 Å². The van der Waals surface area contributed by atoms with Gasteiger partial charge in [0.05, 0.1) is 19.8 Å². The van der Waals surface area contributed by atoms with Crippen molar-refractivity contribution in [2.45, 2.75) is 18.9 Å². The van der Waals surface area contributed by atoms with E-state index in [0.717, 1.165) is 25.9 Å². The Bertz CT molecular complexity index is 455. The first-order valence-corrected chi connectivity index (χ1v) is 7.01. The molecule has 1 unspecified atom stereocenters. The number of hydrogen-bond donors (Lipinski definition) is 1. The van der Waals surface area contributed by atoms with Crippen LogP contribution in [0.2, 0.25) is 0 Å². The van der Waals surface area contributed by atoms with Crippen LogP contribution in [0.5, 0.6) is 0 Å². The lowest BCUT2D eigenvalue weighted by molar-refractivity contribution is -0.134. The number of benzene rings is 1. The van der Waals surface area contributed by atoms with Crippen LogP contribution in [0.1, 0.15) is 23.6 Å². The van der Waals surface area contributed by atoms with E-state index in [9.17, 15) is 4.79 Å². The third-order valence-corrected chi connectivity index (χ3v) is 4.00. The van der Waals surface area contributed by atoms with Crippen LogP contribution in [0.4, 0.5) is 0 Å². The topological polar surface area (TPSA) is 41.6 Å². The van der Waals surface area contributed by atoms with E-state index in [1.54, 1.807) is 0 Å². The summed E-state index contributed by atoms with van der Waals surface area (Å²) in [7, 11) is 0. The van der Waals surface area contributed by atoms with Crippen molar-refractivity contribution in [1.29, 1.82) is 0 Å². The molecule has 2 aliphatic rings. The lowest BCUT2D eigenvalue weighted by Gasteiger charge is -2.27. The van der Waals surface area contributed by atoms with E-state index in [1.165, 1.54) is 11.1 Å². The zero-order valence-electron chi connectivity index (χ0n) is 11.1. The molecule has 3 rings (SSSR count). The molecule has 4 heteroatoms. The summed E-state index contributed by atoms with van der Waals surface area (Å²) in [4.78, 5) is 14.0. The van der Waals surface area contributed by atoms with Crippen molar-refractivity contribution in [3.8, 4) is 0 Å². The molecule has 1 amide bonds. The molecule has 0 spiro atoms. The molecule has 4 nitrogen and oxygen atoms in total. The predicted molar refractivity (Wildman–Crippen MR) is 72.9 cm³/mol. The quantitative estimate of drug-likeness (QED) is 0.885. The number of amides is 1. The Morgan fingerprint density at radius 1 is 1.32 bits per heavy atom. The van der Waals surface area contributed by atoms with Crippen LogP contribution >= 0.6 is 0 Å². The second-order valence-electron chi connectivity index (χ2n) is 5.16. The number of nitrogens with zero attached hydrogens (tertiary/aromatic N) is 1. The first-order valence-electron chi connectivity index (χ1n) is 7.01. The van der Waals surface area contributed by atoms with E-state index in [4.69, 9.17) is 4.74 Å². The van der Waals surface area contributed by atoms with Gasteiger partial charge in [-0.2, -0.15) is 0 Å². The third-order valence-electron chi connectivity index (χ3n) is 4.00. The summed E-state index contributed by atoms with van der Waals surface area (Å²) in [6, 6.07) is 8.84. The van der Waals surface area contributed by atoms with Gasteiger partial charge in [0.15, 0.2) is 0 Å². The molecule has 0 aromatic heterocycles. The lowest BCUT2D eigenvalue weighted by atomic mass is 10.1. The molecule has 1 aromatic rings. The van der Waals surface area contributed by atoms with Gasteiger partial charge in [-0.05, 0) is 24.0 Å². The van der Waals surface area contributed by atoms with Gasteiger partial charge in [0.1, 0.15) is 0 Å². The second kappa shape index (κ2) is 5.72. The standard InChI is InChI=1S/C15H20N2O2/c18-15(17-7-9-19-10-8-17)11-16-14-6-5-12-3-1-2-4-13(12)14/h1-4,14,16H,5-11H2. The van der Waals surface area contributed by atoms with Crippen molar-refractivity contribution in [2.24, 2.45) is 0 Å². The van der Waals surface area contributed by atoms with E-state index in [1.807, 2.05) is 4.90 Å². The van der Waals surface area contributed by atoms with Crippen LogP contribution in [0.15, 0.2) is 24.3 Å². The number of carbonyl (C=O) groups is 1. The van der Waals surface area contributed by atoms with Gasteiger partial charge in [-0.1, -0.05) is 24.3 Å². The first kappa shape index (κ1) is 12.6. The molecule has 1 N–H and O–H groups in total. The summed E-state index contributed by atoms with van der Waals surface area (Å²) < 4.78 is 5.26. The third kappa shape index (κ3) is 2.80. The minimum atomic E-state index is 0.188. The van der Waals surface area contributed by atoms with Gasteiger partial charge in [0.25, 0.3) is 0 Å². The average molecular weight is 260 g/mol. The van der Waals surface area contributed by atoms with E-state index < -0.39 is 0 Å². The molecular formula is C15H20N2O2. The van der Waals surface area contributed by atoms with E-state index in [-0.39, 0.29) is 5.91 Å². The molecule has 19 heavy (non-hydrogen) atoms. The van der Waals surface area contributed by atoms with Crippen LogP contribution in [0.25, 0.3) is 0 Å². The molecule has 1 atom stereocenters. The maximum Gasteiger partial charge on any atom is 0.236 e. The minimum absolute atomic E-state index is 0.188. The molecule has 0 bridgehead atoms. The van der Waals surface area contributed by atoms with Crippen LogP contribution in [-0.4, -0.2) is 43.7 Å². The summed E-state index contributed by atoms with van der Waals surface area (Å²) in [5, 5.41) is 3.40. The highest BCUT2D eigenvalue weighted by Crippen LogP contribution is 2.30. The molecule has 1 aliphatic carbocycles. The van der Waals surface area contributed by atoms with Crippen molar-refractivity contribution in [2.75, 3.05) is 32.8 Å². The molecule has 102 valence electrons. The first-order chi connectivity index (χ1) is 9.34. The predicted octanol–water partition coefficient (Wildman–Crippen LogP) is 1.12. The van der Waals surface area contributed by atoms with Crippen molar-refractivity contribution in [3.63, 3.8) is 0 Å². The van der Waals surface area contributed by atoms with Crippen LogP contribution in [-0.2, 0) is 16.0 Å². The Balaban J connectivity index is 1.54. The van der Waals surface area contributed by atoms with Gasteiger partial charge in [-0.3, -0.25) is 4.79 Å². The number of ether oxygens (including phenoxy) is 1. The Morgan fingerprint density at radius 3 is 2.95 bits per heavy atom. The monoisotopic (exact) mass is 260 g/mol. The molecule has 1 saturated heterocycles. The average Bonchev–Trinajstić information content (AvgIpc) is 2.89. The van der Waals surface area contributed by atoms with Crippen molar-refractivity contribution in [3.05, 3.63) is 35.4 Å². The Labute approximate surface area is 113 Å². The largest absolute Gasteiger partial charge is 0.378 e. The smallest absolute Gasteiger partial charge is 0.236 e. The summed E-state index contributed by atoms with van der Waals surface area (Å²) in [5.74, 6) is 0.188. The fourth-order valence-electron chi connectivity index (χ4n) is 2.90. The number of carbonyl (C=O) groups excluding carboxylic acids is 1. The Morgan fingerprint density at radius 2 is 2.11 bits per heavy atom. The van der Waals surface area contributed by atoms with Crippen molar-refractivity contribution >= 4 is 5.91 Å². The molecular weight excluding hydrogens is 240 g/mol. The number of aryl methyl sites for hydroxylation is 1. The van der Waals surface area contributed by atoms with Gasteiger partial charge in [-0.25, -0.2) is 0 Å². The molecule has 1 aliphatic heterocycles. The molecule has 0 radical (unpaired) electrons. The highest BCUT2D eigenvalue weighted by Gasteiger charge is 2.23. The van der Waals surface area contributed by atoms with Crippen molar-refractivity contribution in [1.82, 2.24) is 10.2 Å². The highest BCUT2D eigenvalue weighted by atomic mass is 16.5. The van der Waals surface area contributed by atoms with Gasteiger partial charge in [0.2, 0.25) is 5.91 Å². The Kier molecular flexibility index (Phi) is 3.80. The summed E-state index contributed by atoms with van der Waals surface area (Å²) in [6.45, 7) is 3.21. The van der Waals surface area contributed by atoms with Crippen molar-refractivity contribution < 1.29 is 9.53 Å². The lowest BCUT2D eigenvalue weighted by Crippen LogP contribution is -2.45.